The monoisotopic (exact) mass is 249 g/mol. The minimum absolute atomic E-state index is 0.168. The quantitative estimate of drug-likeness (QED) is 0.872. The molecule has 0 saturated heterocycles. The third-order valence-electron chi connectivity index (χ3n) is 3.34. The van der Waals surface area contributed by atoms with E-state index in [-0.39, 0.29) is 12.1 Å². The van der Waals surface area contributed by atoms with E-state index >= 15 is 0 Å². The predicted molar refractivity (Wildman–Crippen MR) is 73.1 cm³/mol. The maximum absolute atomic E-state index is 6.07. The topological polar surface area (TPSA) is 44.5 Å². The van der Waals surface area contributed by atoms with Crippen LogP contribution in [0.3, 0.4) is 0 Å². The van der Waals surface area contributed by atoms with E-state index in [2.05, 4.69) is 6.92 Å². The van der Waals surface area contributed by atoms with E-state index in [0.717, 1.165) is 37.4 Å². The van der Waals surface area contributed by atoms with E-state index in [1.807, 2.05) is 24.3 Å². The lowest BCUT2D eigenvalue weighted by Gasteiger charge is -2.29. The molecule has 18 heavy (non-hydrogen) atoms. The second-order valence-electron chi connectivity index (χ2n) is 4.92. The van der Waals surface area contributed by atoms with Crippen molar-refractivity contribution in [1.82, 2.24) is 0 Å². The van der Waals surface area contributed by atoms with Gasteiger partial charge in [-0.3, -0.25) is 0 Å². The van der Waals surface area contributed by atoms with Gasteiger partial charge in [-0.1, -0.05) is 13.3 Å². The zero-order valence-electron chi connectivity index (χ0n) is 11.1. The first-order valence-electron chi connectivity index (χ1n) is 6.94. The Morgan fingerprint density at radius 1 is 1.11 bits per heavy atom. The molecule has 1 aliphatic rings. The number of hydrogen-bond donors (Lipinski definition) is 1. The van der Waals surface area contributed by atoms with Gasteiger partial charge in [-0.05, 0) is 49.9 Å². The summed E-state index contributed by atoms with van der Waals surface area (Å²) in [5.41, 5.74) is 6.07. The summed E-state index contributed by atoms with van der Waals surface area (Å²) in [4.78, 5) is 0. The van der Waals surface area contributed by atoms with Crippen molar-refractivity contribution in [3.05, 3.63) is 24.3 Å². The van der Waals surface area contributed by atoms with Crippen molar-refractivity contribution >= 4 is 0 Å². The minimum atomic E-state index is 0.168. The van der Waals surface area contributed by atoms with Crippen molar-refractivity contribution in [1.29, 1.82) is 0 Å². The van der Waals surface area contributed by atoms with Crippen LogP contribution < -0.4 is 15.2 Å². The number of rotatable bonds is 5. The van der Waals surface area contributed by atoms with Crippen molar-refractivity contribution in [2.24, 2.45) is 5.73 Å². The molecule has 1 fully saturated rings. The van der Waals surface area contributed by atoms with E-state index in [1.165, 1.54) is 12.8 Å². The van der Waals surface area contributed by atoms with E-state index in [4.69, 9.17) is 15.2 Å². The summed E-state index contributed by atoms with van der Waals surface area (Å²) < 4.78 is 11.5. The van der Waals surface area contributed by atoms with Crippen molar-refractivity contribution < 1.29 is 9.47 Å². The average Bonchev–Trinajstić information content (AvgIpc) is 2.41. The molecule has 3 nitrogen and oxygen atoms in total. The molecule has 0 spiro atoms. The lowest BCUT2D eigenvalue weighted by Crippen LogP contribution is -2.41. The minimum Gasteiger partial charge on any atom is -0.494 e. The molecule has 1 aromatic rings. The molecule has 0 bridgehead atoms. The molecule has 2 atom stereocenters. The second kappa shape index (κ2) is 6.64. The Morgan fingerprint density at radius 3 is 2.44 bits per heavy atom. The second-order valence-corrected chi connectivity index (χ2v) is 4.92. The molecule has 0 amide bonds. The molecule has 0 radical (unpaired) electrons. The standard InChI is InChI=1S/C15H23NO2/c1-2-11-17-12-7-9-13(10-8-12)18-15-6-4-3-5-14(15)16/h7-10,14-15H,2-6,11,16H2,1H3/t14-,15-/m1/s1. The zero-order chi connectivity index (χ0) is 12.8. The average molecular weight is 249 g/mol. The first-order valence-corrected chi connectivity index (χ1v) is 6.94. The van der Waals surface area contributed by atoms with Gasteiger partial charge in [0.25, 0.3) is 0 Å². The first kappa shape index (κ1) is 13.2. The van der Waals surface area contributed by atoms with Crippen LogP contribution in [0.1, 0.15) is 39.0 Å². The Labute approximate surface area is 109 Å². The maximum Gasteiger partial charge on any atom is 0.120 e. The lowest BCUT2D eigenvalue weighted by molar-refractivity contribution is 0.132. The molecule has 0 unspecified atom stereocenters. The van der Waals surface area contributed by atoms with Gasteiger partial charge in [0.05, 0.1) is 6.61 Å². The van der Waals surface area contributed by atoms with Gasteiger partial charge >= 0.3 is 0 Å². The number of ether oxygens (including phenoxy) is 2. The summed E-state index contributed by atoms with van der Waals surface area (Å²) in [6.07, 6.45) is 5.77. The van der Waals surface area contributed by atoms with Crippen LogP contribution in [0.15, 0.2) is 24.3 Å². The molecular weight excluding hydrogens is 226 g/mol. The highest BCUT2D eigenvalue weighted by Crippen LogP contribution is 2.24. The summed E-state index contributed by atoms with van der Waals surface area (Å²) in [6, 6.07) is 8.02. The fourth-order valence-electron chi connectivity index (χ4n) is 2.28. The van der Waals surface area contributed by atoms with Crippen molar-refractivity contribution in [2.45, 2.75) is 51.2 Å². The van der Waals surface area contributed by atoms with Gasteiger partial charge < -0.3 is 15.2 Å². The molecule has 0 aliphatic heterocycles. The predicted octanol–water partition coefficient (Wildman–Crippen LogP) is 3.12. The lowest BCUT2D eigenvalue weighted by atomic mass is 9.93. The third-order valence-corrected chi connectivity index (χ3v) is 3.34. The number of hydrogen-bond acceptors (Lipinski definition) is 3. The molecule has 100 valence electrons. The molecule has 1 aromatic carbocycles. The van der Waals surface area contributed by atoms with E-state index in [0.29, 0.717) is 0 Å². The van der Waals surface area contributed by atoms with Gasteiger partial charge in [-0.2, -0.15) is 0 Å². The van der Waals surface area contributed by atoms with Crippen LogP contribution in [0.5, 0.6) is 11.5 Å². The highest BCUT2D eigenvalue weighted by molar-refractivity contribution is 5.31. The van der Waals surface area contributed by atoms with Gasteiger partial charge in [0, 0.05) is 6.04 Å². The Morgan fingerprint density at radius 2 is 1.78 bits per heavy atom. The van der Waals surface area contributed by atoms with Crippen LogP contribution >= 0.6 is 0 Å². The van der Waals surface area contributed by atoms with Crippen molar-refractivity contribution in [3.63, 3.8) is 0 Å². The molecule has 2 N–H and O–H groups in total. The molecule has 1 aliphatic carbocycles. The Hall–Kier alpha value is -1.22. The van der Waals surface area contributed by atoms with Gasteiger partial charge in [0.1, 0.15) is 17.6 Å². The molecular formula is C15H23NO2. The Balaban J connectivity index is 1.89. The van der Waals surface area contributed by atoms with Crippen LogP contribution in [0.2, 0.25) is 0 Å². The Kier molecular flexibility index (Phi) is 4.88. The van der Waals surface area contributed by atoms with E-state index < -0.39 is 0 Å². The summed E-state index contributed by atoms with van der Waals surface area (Å²) >= 11 is 0. The molecule has 0 aromatic heterocycles. The first-order chi connectivity index (χ1) is 8.79. The molecule has 1 saturated carbocycles. The van der Waals surface area contributed by atoms with Gasteiger partial charge in [0.15, 0.2) is 0 Å². The van der Waals surface area contributed by atoms with E-state index in [1.54, 1.807) is 0 Å². The van der Waals surface area contributed by atoms with Crippen LogP contribution in [0.25, 0.3) is 0 Å². The fraction of sp³-hybridized carbons (Fsp3) is 0.600. The SMILES string of the molecule is CCCOc1ccc(O[C@@H]2CCCC[C@H]2N)cc1. The summed E-state index contributed by atoms with van der Waals surface area (Å²) in [6.45, 7) is 2.86. The highest BCUT2D eigenvalue weighted by Gasteiger charge is 2.23. The van der Waals surface area contributed by atoms with Crippen LogP contribution in [0, 0.1) is 0 Å². The van der Waals surface area contributed by atoms with Crippen LogP contribution in [-0.2, 0) is 0 Å². The van der Waals surface area contributed by atoms with E-state index in [9.17, 15) is 0 Å². The summed E-state index contributed by atoms with van der Waals surface area (Å²) in [7, 11) is 0. The van der Waals surface area contributed by atoms with Gasteiger partial charge in [0.2, 0.25) is 0 Å². The molecule has 2 rings (SSSR count). The van der Waals surface area contributed by atoms with Gasteiger partial charge in [-0.25, -0.2) is 0 Å². The number of benzene rings is 1. The van der Waals surface area contributed by atoms with Gasteiger partial charge in [-0.15, -0.1) is 0 Å². The smallest absolute Gasteiger partial charge is 0.120 e. The maximum atomic E-state index is 6.07. The van der Waals surface area contributed by atoms with Crippen molar-refractivity contribution in [2.75, 3.05) is 6.61 Å². The fourth-order valence-corrected chi connectivity index (χ4v) is 2.28. The van der Waals surface area contributed by atoms with Crippen molar-refractivity contribution in [3.8, 4) is 11.5 Å². The van der Waals surface area contributed by atoms with Crippen LogP contribution in [-0.4, -0.2) is 18.8 Å². The molecule has 3 heteroatoms. The van der Waals surface area contributed by atoms with Crippen LogP contribution in [0.4, 0.5) is 0 Å². The normalized spacial score (nSPS) is 23.7. The largest absolute Gasteiger partial charge is 0.494 e. The summed E-state index contributed by atoms with van der Waals surface area (Å²) in [5, 5.41) is 0. The zero-order valence-corrected chi connectivity index (χ0v) is 11.1. The third kappa shape index (κ3) is 3.64. The highest BCUT2D eigenvalue weighted by atomic mass is 16.5. The Bertz CT molecular complexity index is 350. The summed E-state index contributed by atoms with van der Waals surface area (Å²) in [5.74, 6) is 1.79. The molecule has 0 heterocycles. The number of nitrogens with two attached hydrogens (primary N) is 1.